The van der Waals surface area contributed by atoms with Crippen LogP contribution in [0.25, 0.3) is 0 Å². The molecule has 0 amide bonds. The first kappa shape index (κ1) is 14.0. The molecule has 0 heterocycles. The van der Waals surface area contributed by atoms with E-state index in [9.17, 15) is 0 Å². The first-order valence-electron chi connectivity index (χ1n) is 5.25. The molecule has 3 N–H and O–H groups in total. The van der Waals surface area contributed by atoms with Gasteiger partial charge in [0.15, 0.2) is 0 Å². The molecular weight excluding hydrogens is 307 g/mol. The number of nitrogens with one attached hydrogen (secondary N) is 1. The largest absolute Gasteiger partial charge is 0.455 e. The Morgan fingerprint density at radius 3 is 2.26 bits per heavy atom. The average Bonchev–Trinajstić information content (AvgIpc) is 2.36. The van der Waals surface area contributed by atoms with Crippen molar-refractivity contribution in [2.45, 2.75) is 0 Å². The van der Waals surface area contributed by atoms with Gasteiger partial charge in [-0.15, -0.1) is 0 Å². The number of amidine groups is 1. The minimum atomic E-state index is -0.0909. The van der Waals surface area contributed by atoms with Crippen LogP contribution >= 0.6 is 34.8 Å². The van der Waals surface area contributed by atoms with Crippen LogP contribution in [-0.2, 0) is 0 Å². The molecule has 0 unspecified atom stereocenters. The van der Waals surface area contributed by atoms with Gasteiger partial charge in [0.1, 0.15) is 17.3 Å². The molecule has 0 saturated heterocycles. The Kier molecular flexibility index (Phi) is 4.20. The molecule has 0 aliphatic rings. The van der Waals surface area contributed by atoms with E-state index in [1.165, 1.54) is 12.1 Å². The van der Waals surface area contributed by atoms with Crippen LogP contribution in [0.5, 0.6) is 11.5 Å². The molecular formula is C13H9Cl3N2O. The molecule has 2 rings (SSSR count). The molecule has 98 valence electrons. The van der Waals surface area contributed by atoms with Gasteiger partial charge in [-0.3, -0.25) is 5.41 Å². The quantitative estimate of drug-likeness (QED) is 0.489. The summed E-state index contributed by atoms with van der Waals surface area (Å²) in [6, 6.07) is 9.92. The van der Waals surface area contributed by atoms with Gasteiger partial charge < -0.3 is 10.5 Å². The van der Waals surface area contributed by atoms with Gasteiger partial charge in [0, 0.05) is 6.07 Å². The van der Waals surface area contributed by atoms with Gasteiger partial charge >= 0.3 is 0 Å². The molecule has 0 fully saturated rings. The highest BCUT2D eigenvalue weighted by Crippen LogP contribution is 2.37. The van der Waals surface area contributed by atoms with Crippen molar-refractivity contribution >= 4 is 40.6 Å². The zero-order chi connectivity index (χ0) is 14.0. The fraction of sp³-hybridized carbons (Fsp3) is 0. The smallest absolute Gasteiger partial charge is 0.147 e. The number of nitrogen functional groups attached to an aromatic ring is 1. The van der Waals surface area contributed by atoms with Crippen LogP contribution < -0.4 is 10.5 Å². The third kappa shape index (κ3) is 3.13. The number of rotatable bonds is 3. The molecule has 6 heteroatoms. The maximum atomic E-state index is 7.49. The lowest BCUT2D eigenvalue weighted by atomic mass is 10.2. The van der Waals surface area contributed by atoms with Crippen molar-refractivity contribution in [3.05, 3.63) is 57.0 Å². The van der Waals surface area contributed by atoms with E-state index in [4.69, 9.17) is 50.7 Å². The normalized spacial score (nSPS) is 10.3. The third-order valence-electron chi connectivity index (χ3n) is 2.37. The van der Waals surface area contributed by atoms with E-state index in [0.29, 0.717) is 32.1 Å². The average molecular weight is 316 g/mol. The summed E-state index contributed by atoms with van der Waals surface area (Å²) < 4.78 is 5.64. The maximum Gasteiger partial charge on any atom is 0.147 e. The van der Waals surface area contributed by atoms with Crippen molar-refractivity contribution in [2.75, 3.05) is 0 Å². The Hall–Kier alpha value is -1.42. The molecule has 0 radical (unpaired) electrons. The molecule has 0 saturated carbocycles. The summed E-state index contributed by atoms with van der Waals surface area (Å²) in [7, 11) is 0. The van der Waals surface area contributed by atoms with Crippen molar-refractivity contribution in [3.8, 4) is 11.5 Å². The van der Waals surface area contributed by atoms with Crippen LogP contribution in [0, 0.1) is 5.41 Å². The highest BCUT2D eigenvalue weighted by molar-refractivity contribution is 6.43. The number of nitrogens with two attached hydrogens (primary N) is 1. The summed E-state index contributed by atoms with van der Waals surface area (Å²) >= 11 is 17.8. The second-order valence-electron chi connectivity index (χ2n) is 3.71. The Labute approximate surface area is 125 Å². The maximum absolute atomic E-state index is 7.49. The topological polar surface area (TPSA) is 59.1 Å². The van der Waals surface area contributed by atoms with Crippen molar-refractivity contribution in [2.24, 2.45) is 5.73 Å². The molecule has 0 bridgehead atoms. The van der Waals surface area contributed by atoms with Crippen LogP contribution in [-0.4, -0.2) is 5.84 Å². The highest BCUT2D eigenvalue weighted by atomic mass is 35.5. The van der Waals surface area contributed by atoms with Gasteiger partial charge in [-0.2, -0.15) is 0 Å². The zero-order valence-electron chi connectivity index (χ0n) is 9.58. The van der Waals surface area contributed by atoms with E-state index >= 15 is 0 Å². The van der Waals surface area contributed by atoms with E-state index in [1.807, 2.05) is 0 Å². The summed E-state index contributed by atoms with van der Waals surface area (Å²) in [4.78, 5) is 0. The molecule has 0 aromatic heterocycles. The lowest BCUT2D eigenvalue weighted by molar-refractivity contribution is 0.482. The number of ether oxygens (including phenoxy) is 1. The number of halogens is 3. The first-order valence-corrected chi connectivity index (χ1v) is 6.38. The molecule has 2 aromatic carbocycles. The lowest BCUT2D eigenvalue weighted by Gasteiger charge is -2.12. The summed E-state index contributed by atoms with van der Waals surface area (Å²) in [5.41, 5.74) is 5.96. The second kappa shape index (κ2) is 5.70. The van der Waals surface area contributed by atoms with Crippen LogP contribution in [0.15, 0.2) is 36.4 Å². The second-order valence-corrected chi connectivity index (χ2v) is 4.93. The Balaban J connectivity index is 2.42. The van der Waals surface area contributed by atoms with E-state index in [0.717, 1.165) is 0 Å². The predicted octanol–water partition coefficient (Wildman–Crippen LogP) is 4.72. The van der Waals surface area contributed by atoms with Crippen LogP contribution in [0.2, 0.25) is 15.1 Å². The lowest BCUT2D eigenvalue weighted by Crippen LogP contribution is -2.12. The Morgan fingerprint density at radius 1 is 0.947 bits per heavy atom. The minimum absolute atomic E-state index is 0.0909. The summed E-state index contributed by atoms with van der Waals surface area (Å²) in [6.45, 7) is 0. The van der Waals surface area contributed by atoms with Gasteiger partial charge in [0.2, 0.25) is 0 Å². The first-order chi connectivity index (χ1) is 8.99. The Bertz CT molecular complexity index is 644. The van der Waals surface area contributed by atoms with Gasteiger partial charge in [-0.1, -0.05) is 46.9 Å². The SMILES string of the molecule is N=C(N)c1ccccc1Oc1cc(Cl)c(Cl)cc1Cl. The molecule has 3 nitrogen and oxygen atoms in total. The van der Waals surface area contributed by atoms with Crippen molar-refractivity contribution in [3.63, 3.8) is 0 Å². The number of para-hydroxylation sites is 1. The standard InChI is InChI=1S/C13H9Cl3N2O/c14-8-5-10(16)12(6-9(8)15)19-11-4-2-1-3-7(11)13(17)18/h1-6H,(H3,17,18). The van der Waals surface area contributed by atoms with Gasteiger partial charge in [-0.05, 0) is 18.2 Å². The molecule has 2 aromatic rings. The van der Waals surface area contributed by atoms with Gasteiger partial charge in [0.25, 0.3) is 0 Å². The fourth-order valence-corrected chi connectivity index (χ4v) is 2.05. The van der Waals surface area contributed by atoms with Crippen LogP contribution in [0.3, 0.4) is 0 Å². The molecule has 0 aliphatic heterocycles. The van der Waals surface area contributed by atoms with Crippen molar-refractivity contribution in [1.82, 2.24) is 0 Å². The van der Waals surface area contributed by atoms with E-state index in [2.05, 4.69) is 0 Å². The number of hydrogen-bond acceptors (Lipinski definition) is 2. The Morgan fingerprint density at radius 2 is 1.58 bits per heavy atom. The summed E-state index contributed by atoms with van der Waals surface area (Å²) in [5, 5.41) is 8.50. The monoisotopic (exact) mass is 314 g/mol. The summed E-state index contributed by atoms with van der Waals surface area (Å²) in [5.74, 6) is 0.687. The third-order valence-corrected chi connectivity index (χ3v) is 3.39. The number of hydrogen-bond donors (Lipinski definition) is 2. The molecule has 0 aliphatic carbocycles. The van der Waals surface area contributed by atoms with E-state index in [-0.39, 0.29) is 5.84 Å². The van der Waals surface area contributed by atoms with E-state index in [1.54, 1.807) is 24.3 Å². The van der Waals surface area contributed by atoms with E-state index < -0.39 is 0 Å². The molecule has 19 heavy (non-hydrogen) atoms. The van der Waals surface area contributed by atoms with Gasteiger partial charge in [0.05, 0.1) is 20.6 Å². The fourth-order valence-electron chi connectivity index (χ4n) is 1.48. The molecule has 0 spiro atoms. The highest BCUT2D eigenvalue weighted by Gasteiger charge is 2.11. The zero-order valence-corrected chi connectivity index (χ0v) is 11.9. The van der Waals surface area contributed by atoms with Gasteiger partial charge in [-0.25, -0.2) is 0 Å². The summed E-state index contributed by atoms with van der Waals surface area (Å²) in [6.07, 6.45) is 0. The predicted molar refractivity (Wildman–Crippen MR) is 79.0 cm³/mol. The minimum Gasteiger partial charge on any atom is -0.455 e. The van der Waals surface area contributed by atoms with Crippen LogP contribution in [0.1, 0.15) is 5.56 Å². The molecule has 0 atom stereocenters. The number of benzene rings is 2. The van der Waals surface area contributed by atoms with Crippen molar-refractivity contribution < 1.29 is 4.74 Å². The van der Waals surface area contributed by atoms with Crippen molar-refractivity contribution in [1.29, 1.82) is 5.41 Å². The van der Waals surface area contributed by atoms with Crippen LogP contribution in [0.4, 0.5) is 0 Å².